The molecule has 0 spiro atoms. The number of hydrazone groups is 1. The highest BCUT2D eigenvalue weighted by atomic mass is 79.9. The number of rotatable bonds is 5. The largest absolute Gasteiger partial charge is 0.496 e. The molecule has 0 aliphatic rings. The third-order valence-electron chi connectivity index (χ3n) is 3.33. The van der Waals surface area contributed by atoms with Crippen LogP contribution >= 0.6 is 27.3 Å². The van der Waals surface area contributed by atoms with Crippen molar-refractivity contribution in [2.24, 2.45) is 5.10 Å². The van der Waals surface area contributed by atoms with Crippen LogP contribution in [0.25, 0.3) is 10.6 Å². The number of nitrogens with one attached hydrogen (secondary N) is 2. The number of H-pyrrole nitrogens is 1. The van der Waals surface area contributed by atoms with E-state index in [-0.39, 0.29) is 5.69 Å². The van der Waals surface area contributed by atoms with Crippen molar-refractivity contribution in [2.45, 2.75) is 0 Å². The van der Waals surface area contributed by atoms with Crippen molar-refractivity contribution in [2.75, 3.05) is 7.11 Å². The minimum Gasteiger partial charge on any atom is -0.496 e. The SMILES string of the molecule is COc1ccc(Br)cc1/C=N/NC(=O)c1cc(-c2cccs2)[nH]c(=O)n1. The molecule has 0 radical (unpaired) electrons. The third-order valence-corrected chi connectivity index (χ3v) is 4.72. The fraction of sp³-hybridized carbons (Fsp3) is 0.0588. The highest BCUT2D eigenvalue weighted by Gasteiger charge is 2.11. The molecule has 0 saturated carbocycles. The van der Waals surface area contributed by atoms with E-state index in [0.29, 0.717) is 17.0 Å². The van der Waals surface area contributed by atoms with Gasteiger partial charge in [-0.3, -0.25) is 4.79 Å². The number of carbonyl (C=O) groups excluding carboxylic acids is 1. The summed E-state index contributed by atoms with van der Waals surface area (Å²) in [7, 11) is 1.55. The Morgan fingerprint density at radius 2 is 2.23 bits per heavy atom. The Kier molecular flexibility index (Phi) is 5.59. The second-order valence-electron chi connectivity index (χ2n) is 5.05. The van der Waals surface area contributed by atoms with E-state index in [0.717, 1.165) is 9.35 Å². The first-order chi connectivity index (χ1) is 12.6. The summed E-state index contributed by atoms with van der Waals surface area (Å²) in [5, 5.41) is 5.79. The molecule has 0 aliphatic heterocycles. The van der Waals surface area contributed by atoms with Crippen LogP contribution in [0.3, 0.4) is 0 Å². The predicted molar refractivity (Wildman–Crippen MR) is 104 cm³/mol. The van der Waals surface area contributed by atoms with E-state index in [2.05, 4.69) is 36.4 Å². The number of thiophene rings is 1. The Balaban J connectivity index is 1.79. The average Bonchev–Trinajstić information content (AvgIpc) is 3.16. The number of hydrogen-bond acceptors (Lipinski definition) is 6. The number of hydrogen-bond donors (Lipinski definition) is 2. The second-order valence-corrected chi connectivity index (χ2v) is 6.91. The number of ether oxygens (including phenoxy) is 1. The standard InChI is InChI=1S/C17H13BrN4O3S/c1-25-14-5-4-11(18)7-10(14)9-19-22-16(23)13-8-12(20-17(24)21-13)15-3-2-6-26-15/h2-9H,1H3,(H,22,23)(H,20,21,24)/b19-9+. The Morgan fingerprint density at radius 3 is 2.96 bits per heavy atom. The van der Waals surface area contributed by atoms with E-state index in [1.165, 1.54) is 23.6 Å². The molecule has 1 aromatic carbocycles. The van der Waals surface area contributed by atoms with Crippen molar-refractivity contribution in [1.29, 1.82) is 0 Å². The molecule has 3 aromatic rings. The van der Waals surface area contributed by atoms with Crippen molar-refractivity contribution < 1.29 is 9.53 Å². The third kappa shape index (κ3) is 4.24. The molecule has 9 heteroatoms. The van der Waals surface area contributed by atoms with E-state index in [9.17, 15) is 9.59 Å². The Bertz CT molecular complexity index is 1020. The van der Waals surface area contributed by atoms with Crippen LogP contribution in [0.2, 0.25) is 0 Å². The van der Waals surface area contributed by atoms with Crippen LogP contribution in [0.15, 0.2) is 56.1 Å². The minimum absolute atomic E-state index is 0.0180. The van der Waals surface area contributed by atoms with Crippen LogP contribution in [0.4, 0.5) is 0 Å². The Labute approximate surface area is 160 Å². The Hall–Kier alpha value is -2.78. The lowest BCUT2D eigenvalue weighted by molar-refractivity contribution is 0.0949. The smallest absolute Gasteiger partial charge is 0.346 e. The van der Waals surface area contributed by atoms with Crippen LogP contribution in [0.5, 0.6) is 5.75 Å². The highest BCUT2D eigenvalue weighted by Crippen LogP contribution is 2.22. The summed E-state index contributed by atoms with van der Waals surface area (Å²) in [6.07, 6.45) is 1.45. The minimum atomic E-state index is -0.598. The molecule has 3 rings (SSSR count). The zero-order valence-corrected chi connectivity index (χ0v) is 15.9. The van der Waals surface area contributed by atoms with Crippen molar-refractivity contribution >= 4 is 39.4 Å². The van der Waals surface area contributed by atoms with Gasteiger partial charge in [-0.25, -0.2) is 10.2 Å². The molecule has 0 unspecified atom stereocenters. The van der Waals surface area contributed by atoms with E-state index < -0.39 is 11.6 Å². The zero-order valence-electron chi connectivity index (χ0n) is 13.5. The lowest BCUT2D eigenvalue weighted by atomic mass is 10.2. The number of carbonyl (C=O) groups is 1. The van der Waals surface area contributed by atoms with Gasteiger partial charge in [0.15, 0.2) is 0 Å². The topological polar surface area (TPSA) is 96.4 Å². The Morgan fingerprint density at radius 1 is 1.38 bits per heavy atom. The van der Waals surface area contributed by atoms with Crippen molar-refractivity contribution in [3.63, 3.8) is 0 Å². The van der Waals surface area contributed by atoms with E-state index in [1.54, 1.807) is 19.2 Å². The molecule has 26 heavy (non-hydrogen) atoms. The van der Waals surface area contributed by atoms with Gasteiger partial charge in [-0.15, -0.1) is 11.3 Å². The van der Waals surface area contributed by atoms with Gasteiger partial charge in [-0.05, 0) is 35.7 Å². The van der Waals surface area contributed by atoms with Gasteiger partial charge in [0.1, 0.15) is 11.4 Å². The molecule has 1 amide bonds. The number of methoxy groups -OCH3 is 1. The van der Waals surface area contributed by atoms with Gasteiger partial charge >= 0.3 is 5.69 Å². The highest BCUT2D eigenvalue weighted by molar-refractivity contribution is 9.10. The van der Waals surface area contributed by atoms with Gasteiger partial charge < -0.3 is 9.72 Å². The first-order valence-electron chi connectivity index (χ1n) is 7.39. The first kappa shape index (κ1) is 18.0. The number of amides is 1. The molecule has 2 N–H and O–H groups in total. The van der Waals surface area contributed by atoms with Crippen LogP contribution in [0, 0.1) is 0 Å². The normalized spacial score (nSPS) is 10.8. The summed E-state index contributed by atoms with van der Waals surface area (Å²) in [6, 6.07) is 10.6. The van der Waals surface area contributed by atoms with E-state index in [4.69, 9.17) is 4.74 Å². The van der Waals surface area contributed by atoms with Gasteiger partial charge in [0.05, 0.1) is 23.9 Å². The number of halogens is 1. The molecule has 0 aliphatic carbocycles. The van der Waals surface area contributed by atoms with Crippen molar-refractivity contribution in [3.05, 3.63) is 68.0 Å². The van der Waals surface area contributed by atoms with Crippen molar-refractivity contribution in [1.82, 2.24) is 15.4 Å². The van der Waals surface area contributed by atoms with Gasteiger partial charge in [-0.2, -0.15) is 10.1 Å². The summed E-state index contributed by atoms with van der Waals surface area (Å²) >= 11 is 4.81. The summed E-state index contributed by atoms with van der Waals surface area (Å²) in [6.45, 7) is 0. The number of aromatic amines is 1. The lowest BCUT2D eigenvalue weighted by Crippen LogP contribution is -2.24. The maximum atomic E-state index is 12.3. The van der Waals surface area contributed by atoms with Crippen molar-refractivity contribution in [3.8, 4) is 16.3 Å². The van der Waals surface area contributed by atoms with E-state index >= 15 is 0 Å². The average molecular weight is 433 g/mol. The van der Waals surface area contributed by atoms with Gasteiger partial charge in [0, 0.05) is 10.0 Å². The number of benzene rings is 1. The molecule has 0 saturated heterocycles. The zero-order chi connectivity index (χ0) is 18.5. The molecule has 0 fully saturated rings. The summed E-state index contributed by atoms with van der Waals surface area (Å²) in [5.41, 5.74) is 2.96. The number of aromatic nitrogens is 2. The molecule has 7 nitrogen and oxygen atoms in total. The maximum Gasteiger partial charge on any atom is 0.346 e. The summed E-state index contributed by atoms with van der Waals surface area (Å²) < 4.78 is 6.08. The van der Waals surface area contributed by atoms with Crippen LogP contribution in [-0.2, 0) is 0 Å². The van der Waals surface area contributed by atoms with Crippen LogP contribution in [-0.4, -0.2) is 29.2 Å². The van der Waals surface area contributed by atoms with Gasteiger partial charge in [0.2, 0.25) is 0 Å². The maximum absolute atomic E-state index is 12.3. The predicted octanol–water partition coefficient (Wildman–Crippen LogP) is 3.03. The monoisotopic (exact) mass is 432 g/mol. The molecule has 2 heterocycles. The summed E-state index contributed by atoms with van der Waals surface area (Å²) in [5.74, 6) is 0.0274. The summed E-state index contributed by atoms with van der Waals surface area (Å²) in [4.78, 5) is 31.1. The molecule has 0 atom stereocenters. The molecule has 0 bridgehead atoms. The van der Waals surface area contributed by atoms with Gasteiger partial charge in [0.25, 0.3) is 5.91 Å². The first-order valence-corrected chi connectivity index (χ1v) is 9.06. The quantitative estimate of drug-likeness (QED) is 0.478. The molecule has 2 aromatic heterocycles. The fourth-order valence-electron chi connectivity index (χ4n) is 2.16. The molecular formula is C17H13BrN4O3S. The van der Waals surface area contributed by atoms with Crippen LogP contribution < -0.4 is 15.9 Å². The second kappa shape index (κ2) is 8.07. The number of nitrogens with zero attached hydrogens (tertiary/aromatic N) is 2. The van der Waals surface area contributed by atoms with Gasteiger partial charge in [-0.1, -0.05) is 22.0 Å². The fourth-order valence-corrected chi connectivity index (χ4v) is 3.24. The van der Waals surface area contributed by atoms with E-state index in [1.807, 2.05) is 23.6 Å². The van der Waals surface area contributed by atoms with Crippen LogP contribution in [0.1, 0.15) is 16.1 Å². The molecule has 132 valence electrons. The molecular weight excluding hydrogens is 420 g/mol. The lowest BCUT2D eigenvalue weighted by Gasteiger charge is -2.05.